The number of carboxylic acid groups (broad SMARTS) is 1. The number of rotatable bonds is 5. The normalized spacial score (nSPS) is 18.6. The molecule has 0 saturated heterocycles. The number of amides is 1. The first kappa shape index (κ1) is 24.7. The monoisotopic (exact) mass is 528 g/mol. The predicted molar refractivity (Wildman–Crippen MR) is 152 cm³/mol. The molecule has 1 amide bonds. The minimum atomic E-state index is -1.01. The maximum absolute atomic E-state index is 13.7. The third-order valence-corrected chi connectivity index (χ3v) is 9.15. The van der Waals surface area contributed by atoms with Crippen LogP contribution in [0, 0.1) is 11.8 Å². The summed E-state index contributed by atoms with van der Waals surface area (Å²) >= 11 is 1.22. The molecule has 6 rings (SSSR count). The molecule has 3 heterocycles. The number of aromatic nitrogens is 1. The lowest BCUT2D eigenvalue weighted by atomic mass is 9.82. The van der Waals surface area contributed by atoms with Gasteiger partial charge in [-0.25, -0.2) is 4.79 Å². The Morgan fingerprint density at radius 1 is 1.05 bits per heavy atom. The molecule has 1 aliphatic heterocycles. The molecule has 0 spiro atoms. The molecule has 7 heteroatoms. The van der Waals surface area contributed by atoms with Gasteiger partial charge in [0.05, 0.1) is 16.9 Å². The number of anilines is 1. The van der Waals surface area contributed by atoms with E-state index in [1.807, 2.05) is 50.2 Å². The summed E-state index contributed by atoms with van der Waals surface area (Å²) in [5, 5.41) is 11.3. The summed E-state index contributed by atoms with van der Waals surface area (Å²) < 4.78 is 8.33. The lowest BCUT2D eigenvalue weighted by molar-refractivity contribution is -0.123. The lowest BCUT2D eigenvalue weighted by Gasteiger charge is -2.33. The third kappa shape index (κ3) is 4.19. The van der Waals surface area contributed by atoms with E-state index in [0.717, 1.165) is 58.6 Å². The van der Waals surface area contributed by atoms with Gasteiger partial charge in [0.15, 0.2) is 6.73 Å². The third-order valence-electron chi connectivity index (χ3n) is 7.99. The highest BCUT2D eigenvalue weighted by atomic mass is 32.1. The van der Waals surface area contributed by atoms with Crippen LogP contribution in [0.1, 0.15) is 56.1 Å². The van der Waals surface area contributed by atoms with Crippen LogP contribution in [-0.2, 0) is 11.5 Å². The topological polar surface area (TPSA) is 71.8 Å². The number of nitrogens with zero attached hydrogens (tertiary/aromatic N) is 2. The summed E-state index contributed by atoms with van der Waals surface area (Å²) in [4.78, 5) is 28.7. The van der Waals surface area contributed by atoms with Crippen molar-refractivity contribution in [2.24, 2.45) is 11.8 Å². The van der Waals surface area contributed by atoms with Gasteiger partial charge in [-0.05, 0) is 81.3 Å². The summed E-state index contributed by atoms with van der Waals surface area (Å²) in [6.07, 6.45) is 3.80. The fourth-order valence-corrected chi connectivity index (χ4v) is 6.91. The number of para-hydroxylation sites is 1. The van der Waals surface area contributed by atoms with Gasteiger partial charge in [0.2, 0.25) is 5.91 Å². The van der Waals surface area contributed by atoms with Crippen LogP contribution >= 0.6 is 11.3 Å². The number of thiophene rings is 1. The van der Waals surface area contributed by atoms with Crippen molar-refractivity contribution >= 4 is 39.8 Å². The van der Waals surface area contributed by atoms with Gasteiger partial charge in [0, 0.05) is 27.8 Å². The molecule has 4 aromatic rings. The van der Waals surface area contributed by atoms with Crippen molar-refractivity contribution in [1.82, 2.24) is 4.57 Å². The number of hydrogen-bond donors (Lipinski definition) is 1. The number of hydrogen-bond acceptors (Lipinski definition) is 4. The van der Waals surface area contributed by atoms with Gasteiger partial charge in [0.1, 0.15) is 10.6 Å². The highest BCUT2D eigenvalue weighted by molar-refractivity contribution is 7.18. The molecule has 1 aliphatic carbocycles. The number of ether oxygens (including phenoxy) is 1. The molecule has 0 radical (unpaired) electrons. The standard InChI is InChI=1S/C31H32N2O4S/c1-18(2)33(30(34)20-10-8-19(3)9-11-20)26-16-28(38-29(26)31(35)36)22-12-13-23-25-14-21-6-4-5-7-24(21)32(25)17-37-27(23)15-22/h4-7,12-16,18-20H,8-11,17H2,1-3H3,(H,35,36). The Kier molecular flexibility index (Phi) is 6.26. The number of carbonyl (C=O) groups excluding carboxylic acids is 1. The molecule has 2 aromatic heterocycles. The van der Waals surface area contributed by atoms with Crippen LogP contribution < -0.4 is 9.64 Å². The molecule has 0 unspecified atom stereocenters. The van der Waals surface area contributed by atoms with Crippen LogP contribution in [-0.4, -0.2) is 27.6 Å². The number of carbonyl (C=O) groups is 2. The van der Waals surface area contributed by atoms with Crippen LogP contribution in [0.4, 0.5) is 5.69 Å². The van der Waals surface area contributed by atoms with Crippen molar-refractivity contribution in [3.05, 3.63) is 59.5 Å². The molecular formula is C31H32N2O4S. The lowest BCUT2D eigenvalue weighted by Crippen LogP contribution is -2.42. The van der Waals surface area contributed by atoms with E-state index in [1.165, 1.54) is 16.7 Å². The first-order chi connectivity index (χ1) is 18.3. The molecule has 0 bridgehead atoms. The summed E-state index contributed by atoms with van der Waals surface area (Å²) in [7, 11) is 0. The highest BCUT2D eigenvalue weighted by Gasteiger charge is 2.33. The zero-order valence-electron chi connectivity index (χ0n) is 21.9. The molecule has 6 nitrogen and oxygen atoms in total. The van der Waals surface area contributed by atoms with Gasteiger partial charge in [-0.3, -0.25) is 4.79 Å². The van der Waals surface area contributed by atoms with E-state index < -0.39 is 5.97 Å². The summed E-state index contributed by atoms with van der Waals surface area (Å²) in [6, 6.07) is 18.2. The van der Waals surface area contributed by atoms with E-state index in [2.05, 4.69) is 29.7 Å². The van der Waals surface area contributed by atoms with Gasteiger partial charge in [-0.1, -0.05) is 31.2 Å². The van der Waals surface area contributed by atoms with E-state index in [-0.39, 0.29) is 22.7 Å². The smallest absolute Gasteiger partial charge is 0.348 e. The highest BCUT2D eigenvalue weighted by Crippen LogP contribution is 2.44. The second kappa shape index (κ2) is 9.62. The van der Waals surface area contributed by atoms with Crippen molar-refractivity contribution in [2.45, 2.75) is 59.2 Å². The van der Waals surface area contributed by atoms with Crippen molar-refractivity contribution in [3.8, 4) is 27.4 Å². The molecule has 1 N–H and O–H groups in total. The molecule has 0 atom stereocenters. The fraction of sp³-hybridized carbons (Fsp3) is 0.355. The Morgan fingerprint density at radius 2 is 1.82 bits per heavy atom. The SMILES string of the molecule is CC1CCC(C(=O)N(c2cc(-c3ccc4c(c3)OCn3c-4cc4ccccc43)sc2C(=O)O)C(C)C)CC1. The van der Waals surface area contributed by atoms with E-state index in [0.29, 0.717) is 18.3 Å². The van der Waals surface area contributed by atoms with E-state index in [1.54, 1.807) is 4.90 Å². The van der Waals surface area contributed by atoms with Gasteiger partial charge in [-0.15, -0.1) is 11.3 Å². The maximum atomic E-state index is 13.7. The van der Waals surface area contributed by atoms with E-state index >= 15 is 0 Å². The zero-order chi connectivity index (χ0) is 26.6. The first-order valence-electron chi connectivity index (χ1n) is 13.4. The number of fused-ring (bicyclic) bond motifs is 5. The molecule has 2 aliphatic rings. The van der Waals surface area contributed by atoms with Crippen molar-refractivity contribution in [3.63, 3.8) is 0 Å². The second-order valence-corrected chi connectivity index (χ2v) is 11.9. The molecule has 38 heavy (non-hydrogen) atoms. The number of carboxylic acids is 1. The predicted octanol–water partition coefficient (Wildman–Crippen LogP) is 7.65. The van der Waals surface area contributed by atoms with E-state index in [4.69, 9.17) is 4.74 Å². The van der Waals surface area contributed by atoms with Crippen molar-refractivity contribution in [1.29, 1.82) is 0 Å². The molecule has 2 aromatic carbocycles. The Hall–Kier alpha value is -3.58. The van der Waals surface area contributed by atoms with Crippen LogP contribution in [0.25, 0.3) is 32.6 Å². The van der Waals surface area contributed by atoms with Gasteiger partial charge in [0.25, 0.3) is 0 Å². The van der Waals surface area contributed by atoms with Gasteiger partial charge < -0.3 is 19.3 Å². The fourth-order valence-electron chi connectivity index (χ4n) is 5.92. The number of aromatic carboxylic acids is 1. The zero-order valence-corrected chi connectivity index (χ0v) is 22.8. The largest absolute Gasteiger partial charge is 0.477 e. The quantitative estimate of drug-likeness (QED) is 0.289. The van der Waals surface area contributed by atoms with Gasteiger partial charge in [-0.2, -0.15) is 0 Å². The summed E-state index contributed by atoms with van der Waals surface area (Å²) in [6.45, 7) is 6.57. The molecule has 1 fully saturated rings. The Balaban J connectivity index is 1.37. The van der Waals surface area contributed by atoms with Crippen molar-refractivity contribution < 1.29 is 19.4 Å². The van der Waals surface area contributed by atoms with Gasteiger partial charge >= 0.3 is 5.97 Å². The Bertz CT molecular complexity index is 1540. The maximum Gasteiger partial charge on any atom is 0.348 e. The van der Waals surface area contributed by atoms with Crippen LogP contribution in [0.5, 0.6) is 5.75 Å². The summed E-state index contributed by atoms with van der Waals surface area (Å²) in [5.74, 6) is 0.396. The Labute approximate surface area is 226 Å². The average Bonchev–Trinajstić information content (AvgIpc) is 3.51. The average molecular weight is 529 g/mol. The molecule has 196 valence electrons. The molecular weight excluding hydrogens is 496 g/mol. The minimum Gasteiger partial charge on any atom is -0.477 e. The van der Waals surface area contributed by atoms with Crippen molar-refractivity contribution in [2.75, 3.05) is 4.90 Å². The summed E-state index contributed by atoms with van der Waals surface area (Å²) in [5.41, 5.74) is 4.63. The first-order valence-corrected chi connectivity index (χ1v) is 14.2. The van der Waals surface area contributed by atoms with Crippen LogP contribution in [0.2, 0.25) is 0 Å². The Morgan fingerprint density at radius 3 is 2.55 bits per heavy atom. The number of benzene rings is 2. The van der Waals surface area contributed by atoms with Crippen LogP contribution in [0.15, 0.2) is 54.6 Å². The second-order valence-electron chi connectivity index (χ2n) is 10.9. The van der Waals surface area contributed by atoms with E-state index in [9.17, 15) is 14.7 Å². The van der Waals surface area contributed by atoms with Crippen LogP contribution in [0.3, 0.4) is 0 Å². The minimum absolute atomic E-state index is 0.0420. The molecule has 1 saturated carbocycles.